The minimum absolute atomic E-state index is 0.395. The van der Waals surface area contributed by atoms with Crippen molar-refractivity contribution in [2.45, 2.75) is 188 Å². The molecule has 0 N–H and O–H groups in total. The van der Waals surface area contributed by atoms with Crippen molar-refractivity contribution in [2.24, 2.45) is 5.92 Å². The van der Waals surface area contributed by atoms with Crippen molar-refractivity contribution in [1.29, 1.82) is 0 Å². The molecule has 210 valence electrons. The van der Waals surface area contributed by atoms with Gasteiger partial charge >= 0.3 is 0 Å². The van der Waals surface area contributed by atoms with Gasteiger partial charge in [-0.1, -0.05) is 169 Å². The highest BCUT2D eigenvalue weighted by Gasteiger charge is 2.14. The lowest BCUT2D eigenvalue weighted by Gasteiger charge is -2.24. The molecule has 0 bridgehead atoms. The van der Waals surface area contributed by atoms with E-state index in [0.29, 0.717) is 11.8 Å². The molecule has 0 saturated carbocycles. The Morgan fingerprint density at radius 1 is 0.457 bits per heavy atom. The molecule has 0 radical (unpaired) electrons. The second-order valence-electron chi connectivity index (χ2n) is 11.8. The van der Waals surface area contributed by atoms with Crippen molar-refractivity contribution in [3.8, 4) is 0 Å². The SMILES string of the molecule is CCCCCCCCCCCCCCN(CCCCCCCCCCCCCC)C(=O)CC(C)C. The quantitative estimate of drug-likeness (QED) is 0.0992. The molecule has 0 aromatic rings. The Morgan fingerprint density at radius 3 is 0.971 bits per heavy atom. The van der Waals surface area contributed by atoms with E-state index >= 15 is 0 Å². The molecule has 0 heterocycles. The maximum atomic E-state index is 12.7. The molecule has 0 aromatic heterocycles. The number of hydrogen-bond acceptors (Lipinski definition) is 1. The standard InChI is InChI=1S/C33H67NO/c1-5-7-9-11-13-15-17-19-21-23-25-27-29-34(33(35)31-32(3)4)30-28-26-24-22-20-18-16-14-12-10-8-6-2/h32H,5-31H2,1-4H3. The van der Waals surface area contributed by atoms with Crippen LogP contribution in [-0.2, 0) is 4.79 Å². The number of carbonyl (C=O) groups excluding carboxylic acids is 1. The second-order valence-corrected chi connectivity index (χ2v) is 11.8. The van der Waals surface area contributed by atoms with E-state index in [1.54, 1.807) is 0 Å². The molecule has 0 spiro atoms. The van der Waals surface area contributed by atoms with Crippen LogP contribution < -0.4 is 0 Å². The molecule has 0 aliphatic heterocycles. The van der Waals surface area contributed by atoms with Gasteiger partial charge in [-0.25, -0.2) is 0 Å². The maximum absolute atomic E-state index is 12.7. The van der Waals surface area contributed by atoms with Gasteiger partial charge < -0.3 is 4.90 Å². The van der Waals surface area contributed by atoms with Crippen molar-refractivity contribution < 1.29 is 4.79 Å². The van der Waals surface area contributed by atoms with E-state index in [0.717, 1.165) is 19.5 Å². The van der Waals surface area contributed by atoms with E-state index in [4.69, 9.17) is 0 Å². The van der Waals surface area contributed by atoms with Gasteiger partial charge in [-0.15, -0.1) is 0 Å². The van der Waals surface area contributed by atoms with Gasteiger partial charge in [0.1, 0.15) is 0 Å². The summed E-state index contributed by atoms with van der Waals surface area (Å²) in [6.45, 7) is 10.9. The number of unbranched alkanes of at least 4 members (excludes halogenated alkanes) is 22. The lowest BCUT2D eigenvalue weighted by molar-refractivity contribution is -0.132. The van der Waals surface area contributed by atoms with E-state index in [9.17, 15) is 4.79 Å². The van der Waals surface area contributed by atoms with Crippen LogP contribution >= 0.6 is 0 Å². The molecule has 0 aromatic carbocycles. The predicted molar refractivity (Wildman–Crippen MR) is 158 cm³/mol. The Hall–Kier alpha value is -0.530. The van der Waals surface area contributed by atoms with Gasteiger partial charge in [0.2, 0.25) is 5.91 Å². The fraction of sp³-hybridized carbons (Fsp3) is 0.970. The number of carbonyl (C=O) groups is 1. The average Bonchev–Trinajstić information content (AvgIpc) is 2.83. The van der Waals surface area contributed by atoms with Crippen LogP contribution in [-0.4, -0.2) is 23.9 Å². The summed E-state index contributed by atoms with van der Waals surface area (Å²) in [6.07, 6.45) is 33.8. The first-order chi connectivity index (χ1) is 17.1. The number of amides is 1. The topological polar surface area (TPSA) is 20.3 Å². The molecule has 2 nitrogen and oxygen atoms in total. The average molecular weight is 494 g/mol. The van der Waals surface area contributed by atoms with Crippen LogP contribution in [0.25, 0.3) is 0 Å². The first-order valence-corrected chi connectivity index (χ1v) is 16.4. The lowest BCUT2D eigenvalue weighted by Crippen LogP contribution is -2.33. The Kier molecular flexibility index (Phi) is 27.6. The normalized spacial score (nSPS) is 11.5. The molecular weight excluding hydrogens is 426 g/mol. The van der Waals surface area contributed by atoms with Crippen LogP contribution in [0, 0.1) is 5.92 Å². The molecule has 0 atom stereocenters. The molecule has 0 aliphatic carbocycles. The zero-order valence-electron chi connectivity index (χ0n) is 25.0. The van der Waals surface area contributed by atoms with Gasteiger partial charge in [0.05, 0.1) is 0 Å². The Morgan fingerprint density at radius 2 is 0.714 bits per heavy atom. The van der Waals surface area contributed by atoms with Gasteiger partial charge in [-0.05, 0) is 18.8 Å². The summed E-state index contributed by atoms with van der Waals surface area (Å²) >= 11 is 0. The van der Waals surface area contributed by atoms with E-state index in [-0.39, 0.29) is 0 Å². The molecular formula is C33H67NO. The third-order valence-electron chi connectivity index (χ3n) is 7.50. The summed E-state index contributed by atoms with van der Waals surface area (Å²) in [6, 6.07) is 0. The van der Waals surface area contributed by atoms with E-state index < -0.39 is 0 Å². The highest BCUT2D eigenvalue weighted by molar-refractivity contribution is 5.76. The third kappa shape index (κ3) is 26.3. The summed E-state index contributed by atoms with van der Waals surface area (Å²) in [5, 5.41) is 0. The summed E-state index contributed by atoms with van der Waals surface area (Å²) in [4.78, 5) is 14.9. The Balaban J connectivity index is 3.77. The van der Waals surface area contributed by atoms with E-state index in [1.165, 1.54) is 154 Å². The van der Waals surface area contributed by atoms with Gasteiger partial charge in [-0.3, -0.25) is 4.79 Å². The van der Waals surface area contributed by atoms with Crippen LogP contribution in [0.4, 0.5) is 0 Å². The predicted octanol–water partition coefficient (Wildman–Crippen LogP) is 11.3. The molecule has 0 aliphatic rings. The summed E-state index contributed by atoms with van der Waals surface area (Å²) in [5.41, 5.74) is 0. The van der Waals surface area contributed by atoms with Crippen molar-refractivity contribution in [2.75, 3.05) is 13.1 Å². The molecule has 0 rings (SSSR count). The first-order valence-electron chi connectivity index (χ1n) is 16.4. The number of hydrogen-bond donors (Lipinski definition) is 0. The van der Waals surface area contributed by atoms with Gasteiger partial charge in [0, 0.05) is 19.5 Å². The van der Waals surface area contributed by atoms with Crippen LogP contribution in [0.5, 0.6) is 0 Å². The molecule has 0 saturated heterocycles. The zero-order chi connectivity index (χ0) is 25.8. The summed E-state index contributed by atoms with van der Waals surface area (Å²) in [7, 11) is 0. The fourth-order valence-corrected chi connectivity index (χ4v) is 5.13. The van der Waals surface area contributed by atoms with Crippen molar-refractivity contribution in [1.82, 2.24) is 4.90 Å². The number of nitrogens with zero attached hydrogens (tertiary/aromatic N) is 1. The van der Waals surface area contributed by atoms with Crippen LogP contribution in [0.1, 0.15) is 188 Å². The van der Waals surface area contributed by atoms with Gasteiger partial charge in [0.25, 0.3) is 0 Å². The smallest absolute Gasteiger partial charge is 0.222 e. The largest absolute Gasteiger partial charge is 0.343 e. The highest BCUT2D eigenvalue weighted by Crippen LogP contribution is 2.15. The second kappa shape index (κ2) is 28.0. The van der Waals surface area contributed by atoms with Crippen molar-refractivity contribution in [3.63, 3.8) is 0 Å². The lowest BCUT2D eigenvalue weighted by atomic mass is 10.0. The fourth-order valence-electron chi connectivity index (χ4n) is 5.13. The van der Waals surface area contributed by atoms with Gasteiger partial charge in [-0.2, -0.15) is 0 Å². The molecule has 2 heteroatoms. The highest BCUT2D eigenvalue weighted by atomic mass is 16.2. The first kappa shape index (κ1) is 34.5. The van der Waals surface area contributed by atoms with E-state index in [2.05, 4.69) is 32.6 Å². The maximum Gasteiger partial charge on any atom is 0.222 e. The minimum atomic E-state index is 0.395. The Bertz CT molecular complexity index is 391. The third-order valence-corrected chi connectivity index (χ3v) is 7.50. The number of rotatable bonds is 28. The molecule has 35 heavy (non-hydrogen) atoms. The molecule has 1 amide bonds. The van der Waals surface area contributed by atoms with Crippen molar-refractivity contribution in [3.05, 3.63) is 0 Å². The van der Waals surface area contributed by atoms with Gasteiger partial charge in [0.15, 0.2) is 0 Å². The monoisotopic (exact) mass is 494 g/mol. The molecule has 0 fully saturated rings. The van der Waals surface area contributed by atoms with E-state index in [1.807, 2.05) is 0 Å². The zero-order valence-corrected chi connectivity index (χ0v) is 25.0. The minimum Gasteiger partial charge on any atom is -0.343 e. The van der Waals surface area contributed by atoms with Crippen LogP contribution in [0.3, 0.4) is 0 Å². The van der Waals surface area contributed by atoms with Crippen LogP contribution in [0.2, 0.25) is 0 Å². The molecule has 0 unspecified atom stereocenters. The summed E-state index contributed by atoms with van der Waals surface area (Å²) in [5.74, 6) is 0.861. The van der Waals surface area contributed by atoms with Crippen molar-refractivity contribution >= 4 is 5.91 Å². The van der Waals surface area contributed by atoms with Crippen LogP contribution in [0.15, 0.2) is 0 Å². The Labute approximate surface area is 222 Å². The summed E-state index contributed by atoms with van der Waals surface area (Å²) < 4.78 is 0.